The lowest BCUT2D eigenvalue weighted by Crippen LogP contribution is -2.42. The smallest absolute Gasteiger partial charge is 0.356 e. The van der Waals surface area contributed by atoms with Crippen molar-refractivity contribution in [3.05, 3.63) is 35.9 Å². The Bertz CT molecular complexity index is 613. The molecule has 0 radical (unpaired) electrons. The summed E-state index contributed by atoms with van der Waals surface area (Å²) in [6, 6.07) is 8.64. The van der Waals surface area contributed by atoms with Crippen molar-refractivity contribution in [3.8, 4) is 0 Å². The van der Waals surface area contributed by atoms with E-state index in [2.05, 4.69) is 5.48 Å². The predicted octanol–water partition coefficient (Wildman–Crippen LogP) is 1.88. The largest absolute Gasteiger partial charge is 0.366 e. The van der Waals surface area contributed by atoms with E-state index in [1.807, 2.05) is 25.1 Å². The molecular weight excluding hydrogens is 328 g/mol. The molecule has 0 atom stereocenters. The lowest BCUT2D eigenvalue weighted by molar-refractivity contribution is 0.000802. The van der Waals surface area contributed by atoms with Crippen LogP contribution in [0.2, 0.25) is 0 Å². The first-order valence-corrected chi connectivity index (χ1v) is 9.82. The fraction of sp³-hybridized carbons (Fsp3) is 0.588. The highest BCUT2D eigenvalue weighted by molar-refractivity contribution is 7.91. The van der Waals surface area contributed by atoms with Crippen LogP contribution < -0.4 is 5.48 Å². The minimum atomic E-state index is -3.11. The Morgan fingerprint density at radius 2 is 1.79 bits per heavy atom. The molecule has 0 aliphatic rings. The van der Waals surface area contributed by atoms with Crippen molar-refractivity contribution in [2.75, 3.05) is 32.1 Å². The molecule has 0 saturated heterocycles. The van der Waals surface area contributed by atoms with Gasteiger partial charge in [0.2, 0.25) is 0 Å². The number of carbonyl (C=O) groups is 1. The number of hydroxylamine groups is 1. The number of carbonyl (C=O) groups excluding carboxylic acids is 1. The molecule has 6 nitrogen and oxygen atoms in total. The van der Waals surface area contributed by atoms with E-state index in [4.69, 9.17) is 4.84 Å². The Kier molecular flexibility index (Phi) is 7.86. The minimum absolute atomic E-state index is 0.0588. The molecule has 0 aliphatic carbocycles. The Labute approximate surface area is 145 Å². The van der Waals surface area contributed by atoms with Gasteiger partial charge in [-0.15, -0.1) is 5.48 Å². The molecule has 1 aromatic rings. The van der Waals surface area contributed by atoms with Crippen LogP contribution in [0.15, 0.2) is 30.3 Å². The first kappa shape index (κ1) is 20.6. The molecule has 0 aromatic heterocycles. The summed E-state index contributed by atoms with van der Waals surface area (Å²) in [6.45, 7) is 4.36. The third-order valence-electron chi connectivity index (χ3n) is 3.53. The third kappa shape index (κ3) is 8.42. The van der Waals surface area contributed by atoms with Crippen molar-refractivity contribution in [2.45, 2.75) is 32.2 Å². The molecule has 1 rings (SSSR count). The van der Waals surface area contributed by atoms with Crippen molar-refractivity contribution in [1.82, 2.24) is 10.4 Å². The van der Waals surface area contributed by atoms with Crippen LogP contribution in [0.3, 0.4) is 0 Å². The van der Waals surface area contributed by atoms with Gasteiger partial charge in [0.25, 0.3) is 0 Å². The summed E-state index contributed by atoms with van der Waals surface area (Å²) in [5.41, 5.74) is 2.50. The molecule has 24 heavy (non-hydrogen) atoms. The molecule has 7 heteroatoms. The quantitative estimate of drug-likeness (QED) is 0.645. The molecule has 0 saturated carbocycles. The van der Waals surface area contributed by atoms with E-state index in [0.717, 1.165) is 6.54 Å². The predicted molar refractivity (Wildman–Crippen MR) is 95.5 cm³/mol. The molecule has 0 spiro atoms. The topological polar surface area (TPSA) is 75.7 Å². The molecule has 1 aromatic carbocycles. The van der Waals surface area contributed by atoms with E-state index < -0.39 is 21.3 Å². The normalized spacial score (nSPS) is 12.4. The van der Waals surface area contributed by atoms with Gasteiger partial charge in [0.1, 0.15) is 9.84 Å². The fourth-order valence-corrected chi connectivity index (χ4v) is 3.58. The summed E-state index contributed by atoms with van der Waals surface area (Å²) < 4.78 is 24.1. The Morgan fingerprint density at radius 1 is 1.17 bits per heavy atom. The molecule has 0 unspecified atom stereocenters. The zero-order valence-corrected chi connectivity index (χ0v) is 15.7. The first-order valence-electron chi connectivity index (χ1n) is 8.00. The van der Waals surface area contributed by atoms with E-state index >= 15 is 0 Å². The van der Waals surface area contributed by atoms with Gasteiger partial charge in [0, 0.05) is 5.54 Å². The fourth-order valence-electron chi connectivity index (χ4n) is 1.98. The standard InChI is InChI=1S/C17H28N2O4S/c1-17(2,11-14-24(21,22)13-8-12-19(3)4)18-23-16(20)15-9-6-5-7-10-15/h5-7,9-10,18H,8,11-14H2,1-4H3. The number of hydrogen-bond acceptors (Lipinski definition) is 6. The van der Waals surface area contributed by atoms with E-state index in [-0.39, 0.29) is 11.5 Å². The van der Waals surface area contributed by atoms with Crippen molar-refractivity contribution >= 4 is 15.8 Å². The zero-order chi connectivity index (χ0) is 18.2. The third-order valence-corrected chi connectivity index (χ3v) is 5.27. The van der Waals surface area contributed by atoms with Gasteiger partial charge < -0.3 is 9.74 Å². The molecule has 0 amide bonds. The second-order valence-corrected chi connectivity index (χ2v) is 9.10. The second kappa shape index (κ2) is 9.15. The zero-order valence-electron chi connectivity index (χ0n) is 14.9. The molecule has 0 heterocycles. The molecule has 0 fully saturated rings. The van der Waals surface area contributed by atoms with Gasteiger partial charge in [0.15, 0.2) is 0 Å². The van der Waals surface area contributed by atoms with Crippen LogP contribution >= 0.6 is 0 Å². The maximum atomic E-state index is 12.1. The van der Waals surface area contributed by atoms with Crippen LogP contribution in [-0.4, -0.2) is 57.0 Å². The molecule has 0 bridgehead atoms. The summed E-state index contributed by atoms with van der Waals surface area (Å²) in [4.78, 5) is 18.9. The van der Waals surface area contributed by atoms with Gasteiger partial charge >= 0.3 is 5.97 Å². The molecule has 1 N–H and O–H groups in total. The van der Waals surface area contributed by atoms with Crippen LogP contribution in [0, 0.1) is 0 Å². The van der Waals surface area contributed by atoms with Crippen molar-refractivity contribution in [1.29, 1.82) is 0 Å². The SMILES string of the molecule is CN(C)CCCS(=O)(=O)CCC(C)(C)NOC(=O)c1ccccc1. The van der Waals surface area contributed by atoms with Crippen LogP contribution in [0.4, 0.5) is 0 Å². The monoisotopic (exact) mass is 356 g/mol. The number of nitrogens with one attached hydrogen (secondary N) is 1. The summed E-state index contributed by atoms with van der Waals surface area (Å²) in [5.74, 6) is -0.258. The van der Waals surface area contributed by atoms with Crippen molar-refractivity contribution in [2.24, 2.45) is 0 Å². The van der Waals surface area contributed by atoms with Gasteiger partial charge in [-0.05, 0) is 59.5 Å². The van der Waals surface area contributed by atoms with Crippen LogP contribution in [0.5, 0.6) is 0 Å². The average molecular weight is 356 g/mol. The number of nitrogens with zero attached hydrogens (tertiary/aromatic N) is 1. The van der Waals surface area contributed by atoms with Gasteiger partial charge in [-0.3, -0.25) is 0 Å². The van der Waals surface area contributed by atoms with Crippen LogP contribution in [0.1, 0.15) is 37.0 Å². The van der Waals surface area contributed by atoms with E-state index in [0.29, 0.717) is 18.4 Å². The van der Waals surface area contributed by atoms with E-state index in [1.54, 1.807) is 38.1 Å². The minimum Gasteiger partial charge on any atom is -0.366 e. The average Bonchev–Trinajstić information content (AvgIpc) is 2.51. The first-order chi connectivity index (χ1) is 11.1. The molecule has 0 aliphatic heterocycles. The Morgan fingerprint density at radius 3 is 2.38 bits per heavy atom. The lowest BCUT2D eigenvalue weighted by atomic mass is 10.0. The summed E-state index contributed by atoms with van der Waals surface area (Å²) >= 11 is 0. The van der Waals surface area contributed by atoms with E-state index in [9.17, 15) is 13.2 Å². The van der Waals surface area contributed by atoms with Gasteiger partial charge in [-0.2, -0.15) is 0 Å². The van der Waals surface area contributed by atoms with Crippen LogP contribution in [-0.2, 0) is 14.7 Å². The van der Waals surface area contributed by atoms with Crippen LogP contribution in [0.25, 0.3) is 0 Å². The number of rotatable bonds is 10. The highest BCUT2D eigenvalue weighted by atomic mass is 32.2. The number of sulfone groups is 1. The summed E-state index contributed by atoms with van der Waals surface area (Å²) in [7, 11) is 0.726. The Balaban J connectivity index is 2.41. The second-order valence-electron chi connectivity index (χ2n) is 6.80. The highest BCUT2D eigenvalue weighted by Gasteiger charge is 2.23. The van der Waals surface area contributed by atoms with Gasteiger partial charge in [0.05, 0.1) is 17.1 Å². The summed E-state index contributed by atoms with van der Waals surface area (Å²) in [6.07, 6.45) is 0.978. The van der Waals surface area contributed by atoms with Crippen molar-refractivity contribution in [3.63, 3.8) is 0 Å². The van der Waals surface area contributed by atoms with Crippen molar-refractivity contribution < 1.29 is 18.0 Å². The number of hydrogen-bond donors (Lipinski definition) is 1. The van der Waals surface area contributed by atoms with E-state index in [1.165, 1.54) is 0 Å². The summed E-state index contributed by atoms with van der Waals surface area (Å²) in [5, 5.41) is 0. The van der Waals surface area contributed by atoms with Gasteiger partial charge in [-0.25, -0.2) is 13.2 Å². The lowest BCUT2D eigenvalue weighted by Gasteiger charge is -2.25. The maximum absolute atomic E-state index is 12.1. The maximum Gasteiger partial charge on any atom is 0.356 e. The molecular formula is C17H28N2O4S. The number of benzene rings is 1. The highest BCUT2D eigenvalue weighted by Crippen LogP contribution is 2.12. The molecule has 136 valence electrons. The van der Waals surface area contributed by atoms with Gasteiger partial charge in [-0.1, -0.05) is 18.2 Å². The Hall–Kier alpha value is -1.44.